The van der Waals surface area contributed by atoms with E-state index < -0.39 is 17.6 Å². The maximum absolute atomic E-state index is 14.2. The van der Waals surface area contributed by atoms with Crippen molar-refractivity contribution in [2.24, 2.45) is 0 Å². The number of hydrogen-bond donors (Lipinski definition) is 0. The van der Waals surface area contributed by atoms with E-state index >= 15 is 0 Å². The van der Waals surface area contributed by atoms with Gasteiger partial charge in [0.2, 0.25) is 0 Å². The molecule has 0 saturated carbocycles. The van der Waals surface area contributed by atoms with Crippen LogP contribution in [0.3, 0.4) is 0 Å². The number of benzene rings is 1. The van der Waals surface area contributed by atoms with E-state index in [-0.39, 0.29) is 18.3 Å². The first-order valence-corrected chi connectivity index (χ1v) is 8.48. The van der Waals surface area contributed by atoms with Gasteiger partial charge in [0.05, 0.1) is 24.3 Å². The second-order valence-corrected chi connectivity index (χ2v) is 6.99. The Morgan fingerprint density at radius 3 is 2.40 bits per heavy atom. The summed E-state index contributed by atoms with van der Waals surface area (Å²) >= 11 is 0. The van der Waals surface area contributed by atoms with Gasteiger partial charge in [0.15, 0.2) is 0 Å². The van der Waals surface area contributed by atoms with Crippen LogP contribution in [0.1, 0.15) is 47.4 Å². The minimum absolute atomic E-state index is 0.235. The number of carbonyl (C=O) groups excluding carboxylic acids is 2. The largest absolute Gasteiger partial charge is 0.359 e. The Hall–Kier alpha value is -2.05. The van der Waals surface area contributed by atoms with Crippen molar-refractivity contribution in [2.45, 2.75) is 38.5 Å². The summed E-state index contributed by atoms with van der Waals surface area (Å²) < 4.78 is 19.9. The number of allylic oxidation sites excluding steroid dienone is 1. The van der Waals surface area contributed by atoms with Crippen LogP contribution in [0.2, 0.25) is 0 Å². The van der Waals surface area contributed by atoms with E-state index in [0.29, 0.717) is 24.2 Å². The van der Waals surface area contributed by atoms with Gasteiger partial charge in [-0.25, -0.2) is 4.39 Å². The average molecular weight is 346 g/mol. The summed E-state index contributed by atoms with van der Waals surface area (Å²) in [5.41, 5.74) is 0.382. The lowest BCUT2D eigenvalue weighted by Gasteiger charge is -2.29. The van der Waals surface area contributed by atoms with E-state index in [9.17, 15) is 14.0 Å². The molecule has 0 unspecified atom stereocenters. The molecule has 1 aromatic rings. The van der Waals surface area contributed by atoms with E-state index in [0.717, 1.165) is 11.3 Å². The van der Waals surface area contributed by atoms with Crippen molar-refractivity contribution in [1.29, 1.82) is 0 Å². The van der Waals surface area contributed by atoms with Crippen LogP contribution in [0.25, 0.3) is 0 Å². The predicted molar refractivity (Wildman–Crippen MR) is 91.8 cm³/mol. The number of ether oxygens (including phenoxy) is 1. The van der Waals surface area contributed by atoms with Crippen LogP contribution in [0.4, 0.5) is 4.39 Å². The van der Waals surface area contributed by atoms with Gasteiger partial charge in [0.1, 0.15) is 11.6 Å². The van der Waals surface area contributed by atoms with Crippen LogP contribution in [0.15, 0.2) is 36.2 Å². The normalized spacial score (nSPS) is 23.4. The molecule has 0 spiro atoms. The lowest BCUT2D eigenvalue weighted by Crippen LogP contribution is -2.40. The number of nitrogens with zero attached hydrogens (tertiary/aromatic N) is 2. The van der Waals surface area contributed by atoms with Crippen LogP contribution >= 0.6 is 0 Å². The number of rotatable bonds is 5. The number of amides is 2. The number of fused-ring (bicyclic) bond motifs is 1. The highest BCUT2D eigenvalue weighted by Crippen LogP contribution is 2.28. The van der Waals surface area contributed by atoms with Crippen LogP contribution < -0.4 is 0 Å². The molecule has 3 rings (SSSR count). The molecule has 6 heteroatoms. The van der Waals surface area contributed by atoms with Crippen LogP contribution in [-0.4, -0.2) is 53.6 Å². The highest BCUT2D eigenvalue weighted by atomic mass is 19.1. The summed E-state index contributed by atoms with van der Waals surface area (Å²) in [4.78, 5) is 27.6. The summed E-state index contributed by atoms with van der Waals surface area (Å²) in [5, 5.41) is 0. The van der Waals surface area contributed by atoms with Gasteiger partial charge in [-0.2, -0.15) is 0 Å². The highest BCUT2D eigenvalue weighted by Gasteiger charge is 2.37. The molecule has 2 aliphatic heterocycles. The van der Waals surface area contributed by atoms with Gasteiger partial charge in [-0.15, -0.1) is 0 Å². The van der Waals surface area contributed by atoms with Gasteiger partial charge >= 0.3 is 0 Å². The molecule has 0 bridgehead atoms. The fourth-order valence-electron chi connectivity index (χ4n) is 3.26. The molecule has 0 N–H and O–H groups in total. The number of halogens is 1. The third-order valence-electron chi connectivity index (χ3n) is 5.08. The molecular weight excluding hydrogens is 323 g/mol. The van der Waals surface area contributed by atoms with Crippen molar-refractivity contribution in [2.75, 3.05) is 20.2 Å². The third kappa shape index (κ3) is 3.37. The predicted octanol–water partition coefficient (Wildman–Crippen LogP) is 2.98. The molecule has 25 heavy (non-hydrogen) atoms. The zero-order valence-corrected chi connectivity index (χ0v) is 14.8. The summed E-state index contributed by atoms with van der Waals surface area (Å²) in [7, 11) is 2.00. The van der Waals surface area contributed by atoms with E-state index in [1.807, 2.05) is 20.9 Å². The maximum Gasteiger partial charge on any atom is 0.261 e. The molecular formula is C19H23FN2O3. The van der Waals surface area contributed by atoms with Crippen molar-refractivity contribution in [3.05, 3.63) is 47.3 Å². The van der Waals surface area contributed by atoms with Gasteiger partial charge in [-0.3, -0.25) is 19.4 Å². The van der Waals surface area contributed by atoms with Crippen LogP contribution in [0, 0.1) is 0 Å². The molecule has 5 nitrogen and oxygen atoms in total. The monoisotopic (exact) mass is 346 g/mol. The van der Waals surface area contributed by atoms with E-state index in [2.05, 4.69) is 4.90 Å². The quantitative estimate of drug-likeness (QED) is 0.769. The van der Waals surface area contributed by atoms with Crippen molar-refractivity contribution in [3.63, 3.8) is 0 Å². The number of likely N-dealkylation sites (N-methyl/N-ethyl adjacent to an activating group) is 1. The lowest BCUT2D eigenvalue weighted by molar-refractivity contribution is -0.0414. The van der Waals surface area contributed by atoms with Gasteiger partial charge in [-0.05, 0) is 45.9 Å². The first-order valence-electron chi connectivity index (χ1n) is 8.48. The van der Waals surface area contributed by atoms with Crippen molar-refractivity contribution in [1.82, 2.24) is 9.80 Å². The molecule has 2 amide bonds. The average Bonchev–Trinajstić information content (AvgIpc) is 2.98. The Morgan fingerprint density at radius 2 is 1.88 bits per heavy atom. The van der Waals surface area contributed by atoms with E-state index in [1.54, 1.807) is 24.3 Å². The molecule has 0 aliphatic carbocycles. The minimum Gasteiger partial charge on any atom is -0.359 e. The molecule has 134 valence electrons. The molecule has 1 fully saturated rings. The smallest absolute Gasteiger partial charge is 0.261 e. The van der Waals surface area contributed by atoms with Crippen molar-refractivity contribution in [3.8, 4) is 0 Å². The summed E-state index contributed by atoms with van der Waals surface area (Å²) in [6.45, 7) is 4.32. The first kappa shape index (κ1) is 17.8. The molecule has 1 atom stereocenters. The maximum atomic E-state index is 14.2. The van der Waals surface area contributed by atoms with Crippen LogP contribution in [0.5, 0.6) is 0 Å². The van der Waals surface area contributed by atoms with Gasteiger partial charge in [0, 0.05) is 6.04 Å². The standard InChI is InChI=1S/C19H23FN2O3/c1-19(2)21(3)14(12-25-19)8-6-7-13(20)11-22-17(23)15-9-4-5-10-16(15)18(22)24/h4-5,7,9-10,14H,6,8,11-12H2,1-3H3/b13-7-/t14-/m0/s1. The van der Waals surface area contributed by atoms with Gasteiger partial charge in [0.25, 0.3) is 11.8 Å². The number of hydrogen-bond acceptors (Lipinski definition) is 4. The lowest BCUT2D eigenvalue weighted by atomic mass is 10.1. The van der Waals surface area contributed by atoms with E-state index in [1.165, 1.54) is 6.08 Å². The molecule has 1 aromatic carbocycles. The summed E-state index contributed by atoms with van der Waals surface area (Å²) in [5.74, 6) is -1.33. The summed E-state index contributed by atoms with van der Waals surface area (Å²) in [6, 6.07) is 6.81. The first-order chi connectivity index (χ1) is 11.8. The van der Waals surface area contributed by atoms with Crippen LogP contribution in [-0.2, 0) is 4.74 Å². The molecule has 2 aliphatic rings. The fourth-order valence-corrected chi connectivity index (χ4v) is 3.26. The summed E-state index contributed by atoms with van der Waals surface area (Å²) in [6.07, 6.45) is 2.75. The third-order valence-corrected chi connectivity index (χ3v) is 5.08. The number of imide groups is 1. The molecule has 0 radical (unpaired) electrons. The Morgan fingerprint density at radius 1 is 1.28 bits per heavy atom. The Labute approximate surface area is 147 Å². The highest BCUT2D eigenvalue weighted by molar-refractivity contribution is 6.21. The molecule has 1 saturated heterocycles. The SMILES string of the molecule is CN1[C@@H](CC/C=C(\F)CN2C(=O)c3ccccc3C2=O)COC1(C)C. The molecule has 0 aromatic heterocycles. The second-order valence-electron chi connectivity index (χ2n) is 6.99. The molecule has 2 heterocycles. The van der Waals surface area contributed by atoms with Crippen molar-refractivity contribution >= 4 is 11.8 Å². The zero-order valence-electron chi connectivity index (χ0n) is 14.8. The topological polar surface area (TPSA) is 49.9 Å². The van der Waals surface area contributed by atoms with E-state index in [4.69, 9.17) is 4.74 Å². The number of carbonyl (C=O) groups is 2. The van der Waals surface area contributed by atoms with Gasteiger partial charge < -0.3 is 4.74 Å². The Balaban J connectivity index is 1.56. The second kappa shape index (κ2) is 6.69. The Bertz CT molecular complexity index is 694. The minimum atomic E-state index is -0.463. The van der Waals surface area contributed by atoms with Crippen molar-refractivity contribution < 1.29 is 18.7 Å². The Kier molecular flexibility index (Phi) is 4.75. The van der Waals surface area contributed by atoms with Gasteiger partial charge in [-0.1, -0.05) is 18.2 Å². The fraction of sp³-hybridized carbons (Fsp3) is 0.474. The zero-order chi connectivity index (χ0) is 18.2.